The molecule has 0 radical (unpaired) electrons. The summed E-state index contributed by atoms with van der Waals surface area (Å²) in [5.41, 5.74) is -0.842. The van der Waals surface area contributed by atoms with Crippen LogP contribution in [-0.2, 0) is 52.0 Å². The number of carboxylic acid groups (broad SMARTS) is 1. The van der Waals surface area contributed by atoms with Gasteiger partial charge in [0.1, 0.15) is 24.9 Å². The molecule has 8 heterocycles. The molecule has 12 rings (SSSR count). The van der Waals surface area contributed by atoms with Gasteiger partial charge in [-0.1, -0.05) is 12.1 Å². The van der Waals surface area contributed by atoms with Crippen molar-refractivity contribution in [3.8, 4) is 68.2 Å². The fraction of sp³-hybridized carbons (Fsp3) is 0.246. The maximum atomic E-state index is 13.7. The number of aromatic nitrogens is 10. The number of pyridine rings is 2. The number of amides is 2. The van der Waals surface area contributed by atoms with E-state index in [9.17, 15) is 77.0 Å². The summed E-state index contributed by atoms with van der Waals surface area (Å²) in [7, 11) is 4.06. The van der Waals surface area contributed by atoms with Gasteiger partial charge in [0.05, 0.1) is 91.3 Å². The number of imidazole rings is 2. The molecule has 534 valence electrons. The van der Waals surface area contributed by atoms with Crippen molar-refractivity contribution in [1.29, 1.82) is 0 Å². The van der Waals surface area contributed by atoms with Crippen LogP contribution in [0.5, 0.6) is 11.8 Å². The van der Waals surface area contributed by atoms with E-state index in [1.165, 1.54) is 100 Å². The molecule has 0 aliphatic carbocycles. The molecule has 10 aromatic rings. The van der Waals surface area contributed by atoms with Crippen LogP contribution in [-0.4, -0.2) is 121 Å². The molecule has 4 aromatic carbocycles. The SMILES string of the molecule is COC(=O)c1ccc(-c2cnc(OC)c(-c3cnc(-n4ccnc4)nc3CN3C(=O)O[C@H](c4cc(C(F)(F)F)cc(C(F)(F)F)c4)[C@@H]3C)c2)c(C)c1.COc1ncc(-c2ccc(C(=O)O)cc2C)cc1-c1cnc(-n2ccnc2)nc1CN1C(=O)O[C@H](c2cc(C(F)(F)F)cc(C(F)(F)F)c2)[C@@H]1C. The van der Waals surface area contributed by atoms with Gasteiger partial charge < -0.3 is 28.8 Å². The fourth-order valence-electron chi connectivity index (χ4n) is 11.7. The number of esters is 1. The molecule has 0 saturated carbocycles. The van der Waals surface area contributed by atoms with Gasteiger partial charge in [0.2, 0.25) is 23.7 Å². The second-order valence-corrected chi connectivity index (χ2v) is 23.4. The summed E-state index contributed by atoms with van der Waals surface area (Å²) in [5, 5.41) is 9.40. The first-order chi connectivity index (χ1) is 48.6. The number of halogens is 12. The van der Waals surface area contributed by atoms with Gasteiger partial charge in [0, 0.05) is 83.0 Å². The highest BCUT2D eigenvalue weighted by Crippen LogP contribution is 2.46. The van der Waals surface area contributed by atoms with Crippen LogP contribution in [0, 0.1) is 13.8 Å². The average molecular weight is 1440 g/mol. The minimum atomic E-state index is -5.10. The summed E-state index contributed by atoms with van der Waals surface area (Å²) in [6.45, 7) is 5.80. The van der Waals surface area contributed by atoms with Crippen LogP contribution in [0.2, 0.25) is 0 Å². The van der Waals surface area contributed by atoms with Crippen LogP contribution in [0.4, 0.5) is 62.3 Å². The lowest BCUT2D eigenvalue weighted by atomic mass is 9.96. The Morgan fingerprint density at radius 1 is 0.495 bits per heavy atom. The Bertz CT molecular complexity index is 4840. The number of rotatable bonds is 16. The predicted octanol–water partition coefficient (Wildman–Crippen LogP) is 15.1. The molecule has 1 N–H and O–H groups in total. The number of hydrogen-bond acceptors (Lipinski definition) is 17. The second kappa shape index (κ2) is 28.2. The Labute approximate surface area is 575 Å². The quantitative estimate of drug-likeness (QED) is 0.0536. The molecule has 34 heteroatoms. The maximum absolute atomic E-state index is 13.7. The van der Waals surface area contributed by atoms with Crippen molar-refractivity contribution < 1.29 is 101 Å². The molecule has 22 nitrogen and oxygen atoms in total. The van der Waals surface area contributed by atoms with E-state index in [1.54, 1.807) is 68.8 Å². The molecule has 2 saturated heterocycles. The summed E-state index contributed by atoms with van der Waals surface area (Å²) >= 11 is 0. The lowest BCUT2D eigenvalue weighted by Crippen LogP contribution is -2.32. The summed E-state index contributed by atoms with van der Waals surface area (Å²) < 4.78 is 194. The van der Waals surface area contributed by atoms with Gasteiger partial charge in [0.15, 0.2) is 0 Å². The Kier molecular flexibility index (Phi) is 19.8. The van der Waals surface area contributed by atoms with E-state index in [2.05, 4.69) is 39.9 Å². The Hall–Kier alpha value is -12.0. The third-order valence-corrected chi connectivity index (χ3v) is 16.9. The first-order valence-electron chi connectivity index (χ1n) is 30.5. The van der Waals surface area contributed by atoms with Gasteiger partial charge in [-0.2, -0.15) is 52.7 Å². The molecule has 6 aromatic heterocycles. The van der Waals surface area contributed by atoms with Gasteiger partial charge in [-0.05, 0) is 134 Å². The molecular formula is C69H54F12N12O10. The highest BCUT2D eigenvalue weighted by Gasteiger charge is 2.46. The number of benzene rings is 4. The fourth-order valence-corrected chi connectivity index (χ4v) is 11.7. The van der Waals surface area contributed by atoms with Gasteiger partial charge in [-0.25, -0.2) is 59.0 Å². The maximum Gasteiger partial charge on any atom is 0.416 e. The number of nitrogens with zero attached hydrogens (tertiary/aromatic N) is 12. The van der Waals surface area contributed by atoms with E-state index in [-0.39, 0.29) is 65.8 Å². The molecule has 2 aliphatic heterocycles. The van der Waals surface area contributed by atoms with Gasteiger partial charge in [0.25, 0.3) is 0 Å². The van der Waals surface area contributed by atoms with E-state index in [0.29, 0.717) is 74.3 Å². The van der Waals surface area contributed by atoms with Gasteiger partial charge in [-0.15, -0.1) is 0 Å². The van der Waals surface area contributed by atoms with Crippen molar-refractivity contribution in [2.75, 3.05) is 21.3 Å². The predicted molar refractivity (Wildman–Crippen MR) is 338 cm³/mol. The molecule has 103 heavy (non-hydrogen) atoms. The number of methoxy groups -OCH3 is 3. The van der Waals surface area contributed by atoms with Gasteiger partial charge in [-0.3, -0.25) is 18.9 Å². The minimum absolute atomic E-state index is 0.00502. The molecule has 0 unspecified atom stereocenters. The van der Waals surface area contributed by atoms with Crippen molar-refractivity contribution in [2.45, 2.75) is 89.8 Å². The van der Waals surface area contributed by atoms with Crippen molar-refractivity contribution in [1.82, 2.24) is 58.8 Å². The van der Waals surface area contributed by atoms with E-state index in [1.807, 2.05) is 0 Å². The lowest BCUT2D eigenvalue weighted by molar-refractivity contribution is -0.144. The summed E-state index contributed by atoms with van der Waals surface area (Å²) in [6.07, 6.45) is -10.3. The van der Waals surface area contributed by atoms with Crippen molar-refractivity contribution in [2.24, 2.45) is 0 Å². The first kappa shape index (κ1) is 72.3. The van der Waals surface area contributed by atoms with Crippen LogP contribution < -0.4 is 9.47 Å². The summed E-state index contributed by atoms with van der Waals surface area (Å²) in [5.74, 6) is -1.02. The van der Waals surface area contributed by atoms with Crippen LogP contribution in [0.15, 0.2) is 147 Å². The third-order valence-electron chi connectivity index (χ3n) is 16.9. The van der Waals surface area contributed by atoms with Crippen LogP contribution in [0.25, 0.3) is 56.4 Å². The summed E-state index contributed by atoms with van der Waals surface area (Å²) in [4.78, 5) is 87.7. The lowest BCUT2D eigenvalue weighted by Gasteiger charge is -2.23. The number of cyclic esters (lactones) is 2. The average Bonchev–Trinajstić information content (AvgIpc) is 1.73. The highest BCUT2D eigenvalue weighted by molar-refractivity contribution is 5.91. The molecular weight excluding hydrogens is 1380 g/mol. The summed E-state index contributed by atoms with van der Waals surface area (Å²) in [6, 6.07) is 13.1. The molecule has 2 aliphatic rings. The number of ether oxygens (including phenoxy) is 5. The van der Waals surface area contributed by atoms with Crippen molar-refractivity contribution in [3.63, 3.8) is 0 Å². The molecule has 0 spiro atoms. The van der Waals surface area contributed by atoms with Crippen LogP contribution >= 0.6 is 0 Å². The first-order valence-corrected chi connectivity index (χ1v) is 30.5. The number of carboxylic acids is 1. The molecule has 4 atom stereocenters. The Morgan fingerprint density at radius 2 is 0.874 bits per heavy atom. The van der Waals surface area contributed by atoms with E-state index in [4.69, 9.17) is 23.7 Å². The smallest absolute Gasteiger partial charge is 0.416 e. The molecule has 2 amide bonds. The number of carbonyl (C=O) groups excluding carboxylic acids is 3. The number of alkyl halides is 12. The molecule has 0 bridgehead atoms. The van der Waals surface area contributed by atoms with Crippen molar-refractivity contribution in [3.05, 3.63) is 214 Å². The highest BCUT2D eigenvalue weighted by atomic mass is 19.4. The number of aryl methyl sites for hydroxylation is 2. The van der Waals surface area contributed by atoms with E-state index in [0.717, 1.165) is 20.9 Å². The number of hydrogen-bond donors (Lipinski definition) is 1. The zero-order valence-electron chi connectivity index (χ0n) is 54.6. The Morgan fingerprint density at radius 3 is 1.20 bits per heavy atom. The van der Waals surface area contributed by atoms with Gasteiger partial charge >= 0.3 is 48.8 Å². The minimum Gasteiger partial charge on any atom is -0.481 e. The van der Waals surface area contributed by atoms with E-state index < -0.39 is 107 Å². The van der Waals surface area contributed by atoms with Crippen LogP contribution in [0.1, 0.15) is 103 Å². The topological polar surface area (TPSA) is 254 Å². The second-order valence-electron chi connectivity index (χ2n) is 23.4. The monoisotopic (exact) mass is 1440 g/mol. The largest absolute Gasteiger partial charge is 0.481 e. The standard InChI is InChI=1S/C35H28F6N6O5.C34H26F6N6O5/c1-18-9-20(31(48)51-4)5-6-25(18)22-12-26(30(50-3)43-14-22)27-15-44-32(46-8-7-42-17-46)45-28(27)16-47-19(2)29(52-33(47)49)21-10-23(34(36,37)38)13-24(11-21)35(39,40)41;1-17-8-19(30(47)48)4-5-24(17)21-11-25(29(50-3)42-13-21)26-14-43-31(45-7-6-41-16-45)44-27(26)15-46-18(2)28(51-32(46)49)20-9-22(33(35,36)37)12-23(10-20)34(38,39)40/h5-15,17,19,29H,16H2,1-4H3;4-14,16,18,28H,15H2,1-3H3,(H,47,48)/t19-,29-;18-,28-/m00/s1. The normalized spacial score (nSPS) is 16.3. The Balaban J connectivity index is 0.000000207. The van der Waals surface area contributed by atoms with E-state index >= 15 is 0 Å². The third kappa shape index (κ3) is 15.2. The van der Waals surface area contributed by atoms with Crippen LogP contribution in [0.3, 0.4) is 0 Å². The number of carbonyl (C=O) groups is 4. The number of aromatic carboxylic acids is 1. The zero-order valence-corrected chi connectivity index (χ0v) is 54.6. The molecule has 2 fully saturated rings. The zero-order chi connectivity index (χ0) is 74.4. The van der Waals surface area contributed by atoms with Crippen molar-refractivity contribution >= 4 is 24.1 Å².